The molecular formula is C11H16N2O4. The maximum Gasteiger partial charge on any atom is 0.306 e. The lowest BCUT2D eigenvalue weighted by Gasteiger charge is -2.35. The van der Waals surface area contributed by atoms with Crippen LogP contribution in [0.1, 0.15) is 19.8 Å². The highest BCUT2D eigenvalue weighted by atomic mass is 16.6. The number of rotatable bonds is 1. The molecule has 2 heterocycles. The molecule has 0 spiro atoms. The van der Waals surface area contributed by atoms with Gasteiger partial charge in [-0.25, -0.2) is 0 Å². The Hall–Kier alpha value is -1.59. The smallest absolute Gasteiger partial charge is 0.306 e. The molecular weight excluding hydrogens is 224 g/mol. The number of esters is 1. The van der Waals surface area contributed by atoms with Gasteiger partial charge in [-0.15, -0.1) is 0 Å². The number of hydrogen-bond donors (Lipinski definition) is 0. The van der Waals surface area contributed by atoms with Gasteiger partial charge < -0.3 is 14.5 Å². The second-order valence-electron chi connectivity index (χ2n) is 4.35. The van der Waals surface area contributed by atoms with Gasteiger partial charge in [-0.2, -0.15) is 0 Å². The number of cyclic esters (lactones) is 1. The first-order valence-corrected chi connectivity index (χ1v) is 5.81. The van der Waals surface area contributed by atoms with E-state index in [2.05, 4.69) is 0 Å². The second kappa shape index (κ2) is 4.73. The molecule has 2 fully saturated rings. The molecule has 0 radical (unpaired) electrons. The molecule has 0 aromatic carbocycles. The largest absolute Gasteiger partial charge is 0.452 e. The van der Waals surface area contributed by atoms with Gasteiger partial charge in [0.2, 0.25) is 5.91 Å². The number of amides is 2. The Morgan fingerprint density at radius 1 is 1.18 bits per heavy atom. The van der Waals surface area contributed by atoms with Gasteiger partial charge in [0, 0.05) is 45.9 Å². The summed E-state index contributed by atoms with van der Waals surface area (Å²) >= 11 is 0. The fraction of sp³-hybridized carbons (Fsp3) is 0.727. The highest BCUT2D eigenvalue weighted by molar-refractivity contribution is 5.86. The minimum Gasteiger partial charge on any atom is -0.452 e. The molecule has 2 amide bonds. The summed E-state index contributed by atoms with van der Waals surface area (Å²) in [5.74, 6) is -0.394. The maximum absolute atomic E-state index is 12.0. The van der Waals surface area contributed by atoms with Crippen LogP contribution in [-0.2, 0) is 19.1 Å². The predicted molar refractivity (Wildman–Crippen MR) is 57.9 cm³/mol. The predicted octanol–water partition coefficient (Wildman–Crippen LogP) is -0.617. The first-order valence-electron chi connectivity index (χ1n) is 5.81. The molecule has 2 aliphatic heterocycles. The van der Waals surface area contributed by atoms with Crippen molar-refractivity contribution in [1.29, 1.82) is 0 Å². The summed E-state index contributed by atoms with van der Waals surface area (Å²) in [6.45, 7) is 3.68. The van der Waals surface area contributed by atoms with E-state index in [1.54, 1.807) is 9.80 Å². The molecule has 6 nitrogen and oxygen atoms in total. The van der Waals surface area contributed by atoms with Crippen LogP contribution in [0.3, 0.4) is 0 Å². The van der Waals surface area contributed by atoms with E-state index in [0.29, 0.717) is 39.0 Å². The van der Waals surface area contributed by atoms with Crippen LogP contribution >= 0.6 is 0 Å². The van der Waals surface area contributed by atoms with Gasteiger partial charge in [-0.05, 0) is 0 Å². The van der Waals surface area contributed by atoms with E-state index in [1.165, 1.54) is 6.92 Å². The van der Waals surface area contributed by atoms with E-state index in [-0.39, 0.29) is 17.8 Å². The normalized spacial score (nSPS) is 24.8. The lowest BCUT2D eigenvalue weighted by atomic mass is 10.2. The topological polar surface area (TPSA) is 66.9 Å². The van der Waals surface area contributed by atoms with Gasteiger partial charge in [0.05, 0.1) is 0 Å². The summed E-state index contributed by atoms with van der Waals surface area (Å²) in [5.41, 5.74) is 0. The van der Waals surface area contributed by atoms with Gasteiger partial charge in [0.15, 0.2) is 6.10 Å². The SMILES string of the molecule is CC(=O)N1CCN(C(=O)C2CCC(=O)O2)CC1. The Morgan fingerprint density at radius 3 is 2.24 bits per heavy atom. The summed E-state index contributed by atoms with van der Waals surface area (Å²) < 4.78 is 4.94. The van der Waals surface area contributed by atoms with E-state index < -0.39 is 6.10 Å². The van der Waals surface area contributed by atoms with Crippen molar-refractivity contribution in [2.24, 2.45) is 0 Å². The third-order valence-corrected chi connectivity index (χ3v) is 3.20. The van der Waals surface area contributed by atoms with Crippen molar-refractivity contribution in [3.05, 3.63) is 0 Å². The van der Waals surface area contributed by atoms with Gasteiger partial charge in [-0.1, -0.05) is 0 Å². The molecule has 2 rings (SSSR count). The first-order chi connectivity index (χ1) is 8.08. The van der Waals surface area contributed by atoms with Crippen molar-refractivity contribution in [2.75, 3.05) is 26.2 Å². The number of nitrogens with zero attached hydrogens (tertiary/aromatic N) is 2. The summed E-state index contributed by atoms with van der Waals surface area (Å²) in [6, 6.07) is 0. The average molecular weight is 240 g/mol. The molecule has 0 N–H and O–H groups in total. The van der Waals surface area contributed by atoms with Crippen molar-refractivity contribution in [2.45, 2.75) is 25.9 Å². The lowest BCUT2D eigenvalue weighted by molar-refractivity contribution is -0.154. The third kappa shape index (κ3) is 2.57. The van der Waals surface area contributed by atoms with E-state index in [0.717, 1.165) is 0 Å². The standard InChI is InChI=1S/C11H16N2O4/c1-8(14)12-4-6-13(7-5-12)11(16)9-2-3-10(15)17-9/h9H,2-7H2,1H3. The summed E-state index contributed by atoms with van der Waals surface area (Å²) in [7, 11) is 0. The minimum atomic E-state index is -0.605. The quantitative estimate of drug-likeness (QED) is 0.573. The van der Waals surface area contributed by atoms with Crippen LogP contribution in [-0.4, -0.2) is 59.9 Å². The molecule has 2 aliphatic rings. The molecule has 17 heavy (non-hydrogen) atoms. The van der Waals surface area contributed by atoms with Crippen molar-refractivity contribution in [3.8, 4) is 0 Å². The Kier molecular flexibility index (Phi) is 3.31. The van der Waals surface area contributed by atoms with E-state index >= 15 is 0 Å². The maximum atomic E-state index is 12.0. The monoisotopic (exact) mass is 240 g/mol. The second-order valence-corrected chi connectivity index (χ2v) is 4.35. The number of ether oxygens (including phenoxy) is 1. The molecule has 94 valence electrons. The van der Waals surface area contributed by atoms with Gasteiger partial charge >= 0.3 is 5.97 Å². The number of carbonyl (C=O) groups excluding carboxylic acids is 3. The Labute approximate surface area is 99.5 Å². The first kappa shape index (κ1) is 11.9. The van der Waals surface area contributed by atoms with E-state index in [1.807, 2.05) is 0 Å². The highest BCUT2D eigenvalue weighted by Gasteiger charge is 2.34. The summed E-state index contributed by atoms with van der Waals surface area (Å²) in [5, 5.41) is 0. The van der Waals surface area contributed by atoms with Crippen LogP contribution in [0.5, 0.6) is 0 Å². The van der Waals surface area contributed by atoms with Crippen LogP contribution in [0.2, 0.25) is 0 Å². The molecule has 2 saturated heterocycles. The van der Waals surface area contributed by atoms with Crippen LogP contribution in [0.4, 0.5) is 0 Å². The summed E-state index contributed by atoms with van der Waals surface area (Å²) in [6.07, 6.45) is 0.195. The zero-order valence-corrected chi connectivity index (χ0v) is 9.85. The number of carbonyl (C=O) groups is 3. The van der Waals surface area contributed by atoms with Gasteiger partial charge in [0.1, 0.15) is 0 Å². The zero-order chi connectivity index (χ0) is 12.4. The van der Waals surface area contributed by atoms with E-state index in [9.17, 15) is 14.4 Å². The van der Waals surface area contributed by atoms with Crippen LogP contribution in [0, 0.1) is 0 Å². The summed E-state index contributed by atoms with van der Waals surface area (Å²) in [4.78, 5) is 37.4. The molecule has 0 aliphatic carbocycles. The minimum absolute atomic E-state index is 0.0318. The molecule has 1 atom stereocenters. The molecule has 1 unspecified atom stereocenters. The highest BCUT2D eigenvalue weighted by Crippen LogP contribution is 2.17. The van der Waals surface area contributed by atoms with Crippen LogP contribution < -0.4 is 0 Å². The fourth-order valence-electron chi connectivity index (χ4n) is 2.14. The van der Waals surface area contributed by atoms with Gasteiger partial charge in [0.25, 0.3) is 5.91 Å². The van der Waals surface area contributed by atoms with Crippen LogP contribution in [0.25, 0.3) is 0 Å². The molecule has 0 saturated carbocycles. The molecule has 6 heteroatoms. The fourth-order valence-corrected chi connectivity index (χ4v) is 2.14. The Bertz CT molecular complexity index is 347. The number of hydrogen-bond acceptors (Lipinski definition) is 4. The van der Waals surface area contributed by atoms with Crippen molar-refractivity contribution in [3.63, 3.8) is 0 Å². The van der Waals surface area contributed by atoms with Crippen LogP contribution in [0.15, 0.2) is 0 Å². The molecule has 0 bridgehead atoms. The lowest BCUT2D eigenvalue weighted by Crippen LogP contribution is -2.52. The zero-order valence-electron chi connectivity index (χ0n) is 9.85. The Morgan fingerprint density at radius 2 is 1.76 bits per heavy atom. The van der Waals surface area contributed by atoms with E-state index in [4.69, 9.17) is 4.74 Å². The van der Waals surface area contributed by atoms with Crippen molar-refractivity contribution >= 4 is 17.8 Å². The third-order valence-electron chi connectivity index (χ3n) is 3.20. The number of piperazine rings is 1. The van der Waals surface area contributed by atoms with Crippen molar-refractivity contribution in [1.82, 2.24) is 9.80 Å². The Balaban J connectivity index is 1.86. The molecule has 0 aromatic rings. The average Bonchev–Trinajstić information content (AvgIpc) is 2.75. The van der Waals surface area contributed by atoms with Gasteiger partial charge in [-0.3, -0.25) is 14.4 Å². The molecule has 0 aromatic heterocycles. The van der Waals surface area contributed by atoms with Crippen molar-refractivity contribution < 1.29 is 19.1 Å².